The van der Waals surface area contributed by atoms with Crippen LogP contribution in [0.15, 0.2) is 47.4 Å². The van der Waals surface area contributed by atoms with E-state index in [1.54, 1.807) is 30.3 Å². The van der Waals surface area contributed by atoms with Crippen LogP contribution in [-0.4, -0.2) is 20.6 Å². The molecule has 0 atom stereocenters. The van der Waals surface area contributed by atoms with Crippen molar-refractivity contribution in [3.63, 3.8) is 0 Å². The van der Waals surface area contributed by atoms with Crippen molar-refractivity contribution < 1.29 is 13.2 Å². The molecule has 0 aliphatic rings. The number of aryl methyl sites for hydroxylation is 1. The molecule has 2 aromatic rings. The Balaban J connectivity index is 2.40. The minimum atomic E-state index is -3.48. The van der Waals surface area contributed by atoms with Gasteiger partial charge in [-0.05, 0) is 36.8 Å². The molecule has 0 spiro atoms. The number of hydrogen-bond donors (Lipinski definition) is 1. The van der Waals surface area contributed by atoms with Crippen LogP contribution in [0.3, 0.4) is 0 Å². The second-order valence-electron chi connectivity index (χ2n) is 4.68. The molecule has 2 rings (SSSR count). The molecule has 0 unspecified atom stereocenters. The molecule has 4 nitrogen and oxygen atoms in total. The smallest absolute Gasteiger partial charge is 0.256 e. The highest BCUT2D eigenvalue weighted by atomic mass is 35.5. The van der Waals surface area contributed by atoms with E-state index in [0.29, 0.717) is 10.7 Å². The van der Waals surface area contributed by atoms with Gasteiger partial charge in [-0.25, -0.2) is 8.42 Å². The molecule has 6 heteroatoms. The molecule has 1 amide bonds. The van der Waals surface area contributed by atoms with E-state index in [2.05, 4.69) is 5.32 Å². The van der Waals surface area contributed by atoms with E-state index in [1.165, 1.54) is 12.1 Å². The molecule has 110 valence electrons. The Morgan fingerprint density at radius 3 is 2.48 bits per heavy atom. The third-order valence-electron chi connectivity index (χ3n) is 2.98. The van der Waals surface area contributed by atoms with Crippen LogP contribution in [0.1, 0.15) is 15.9 Å². The van der Waals surface area contributed by atoms with Crippen molar-refractivity contribution in [2.45, 2.75) is 11.8 Å². The van der Waals surface area contributed by atoms with Crippen LogP contribution in [0.25, 0.3) is 0 Å². The molecule has 0 heterocycles. The molecular formula is C15H14ClNO3S. The molecule has 0 bridgehead atoms. The van der Waals surface area contributed by atoms with Crippen LogP contribution in [0.2, 0.25) is 5.02 Å². The first kappa shape index (κ1) is 15.5. The van der Waals surface area contributed by atoms with E-state index in [1.807, 2.05) is 6.92 Å². The van der Waals surface area contributed by atoms with Crippen LogP contribution in [0, 0.1) is 6.92 Å². The van der Waals surface area contributed by atoms with Gasteiger partial charge in [0.1, 0.15) is 0 Å². The summed E-state index contributed by atoms with van der Waals surface area (Å²) in [5.74, 6) is -0.485. The Morgan fingerprint density at radius 1 is 1.14 bits per heavy atom. The van der Waals surface area contributed by atoms with Gasteiger partial charge >= 0.3 is 0 Å². The second kappa shape index (κ2) is 5.87. The number of carbonyl (C=O) groups is 1. The predicted octanol–water partition coefficient (Wildman–Crippen LogP) is 3.30. The van der Waals surface area contributed by atoms with Crippen LogP contribution in [0.5, 0.6) is 0 Å². The fourth-order valence-electron chi connectivity index (χ4n) is 1.90. The summed E-state index contributed by atoms with van der Waals surface area (Å²) >= 11 is 5.90. The zero-order chi connectivity index (χ0) is 15.6. The van der Waals surface area contributed by atoms with E-state index in [0.717, 1.165) is 11.8 Å². The monoisotopic (exact) mass is 323 g/mol. The number of rotatable bonds is 3. The second-order valence-corrected chi connectivity index (χ2v) is 7.10. The molecule has 2 aromatic carbocycles. The summed E-state index contributed by atoms with van der Waals surface area (Å²) in [6.07, 6.45) is 1.07. The van der Waals surface area contributed by atoms with Crippen molar-refractivity contribution in [2.75, 3.05) is 11.6 Å². The van der Waals surface area contributed by atoms with Crippen LogP contribution in [-0.2, 0) is 9.84 Å². The van der Waals surface area contributed by atoms with Gasteiger partial charge in [0, 0.05) is 17.0 Å². The Bertz CT molecular complexity index is 800. The summed E-state index contributed by atoms with van der Waals surface area (Å²) in [6.45, 7) is 1.83. The number of hydrogen-bond acceptors (Lipinski definition) is 3. The summed E-state index contributed by atoms with van der Waals surface area (Å²) in [7, 11) is -3.48. The molecular weight excluding hydrogens is 310 g/mol. The lowest BCUT2D eigenvalue weighted by atomic mass is 10.1. The molecule has 0 aliphatic carbocycles. The third kappa shape index (κ3) is 3.62. The number of sulfone groups is 1. The van der Waals surface area contributed by atoms with E-state index in [9.17, 15) is 13.2 Å². The van der Waals surface area contributed by atoms with Crippen molar-refractivity contribution in [3.05, 3.63) is 58.6 Å². The molecule has 0 aromatic heterocycles. The number of benzene rings is 2. The van der Waals surface area contributed by atoms with Crippen molar-refractivity contribution in [2.24, 2.45) is 0 Å². The van der Waals surface area contributed by atoms with Crippen LogP contribution in [0.4, 0.5) is 5.69 Å². The molecule has 0 saturated heterocycles. The summed E-state index contributed by atoms with van der Waals surface area (Å²) in [5.41, 5.74) is 1.50. The number of nitrogens with one attached hydrogen (secondary N) is 1. The van der Waals surface area contributed by atoms with Gasteiger partial charge in [0.25, 0.3) is 5.91 Å². The zero-order valence-electron chi connectivity index (χ0n) is 11.6. The third-order valence-corrected chi connectivity index (χ3v) is 4.37. The Hall–Kier alpha value is -1.85. The number of amides is 1. The molecule has 1 N–H and O–H groups in total. The van der Waals surface area contributed by atoms with Crippen molar-refractivity contribution >= 4 is 33.0 Å². The Morgan fingerprint density at radius 2 is 1.81 bits per heavy atom. The van der Waals surface area contributed by atoms with Gasteiger partial charge in [-0.2, -0.15) is 0 Å². The van der Waals surface area contributed by atoms with Gasteiger partial charge < -0.3 is 5.32 Å². The topological polar surface area (TPSA) is 63.2 Å². The Labute approximate surface area is 128 Å². The van der Waals surface area contributed by atoms with Gasteiger partial charge in [-0.1, -0.05) is 29.8 Å². The number of carbonyl (C=O) groups excluding carboxylic acids is 1. The lowest BCUT2D eigenvalue weighted by molar-refractivity contribution is 0.102. The maximum atomic E-state index is 12.3. The van der Waals surface area contributed by atoms with E-state index >= 15 is 0 Å². The van der Waals surface area contributed by atoms with Gasteiger partial charge in [0.15, 0.2) is 9.84 Å². The molecule has 0 aliphatic heterocycles. The van der Waals surface area contributed by atoms with Gasteiger partial charge in [0.2, 0.25) is 0 Å². The van der Waals surface area contributed by atoms with Crippen LogP contribution >= 0.6 is 11.6 Å². The van der Waals surface area contributed by atoms with Crippen molar-refractivity contribution in [3.8, 4) is 0 Å². The summed E-state index contributed by atoms with van der Waals surface area (Å²) < 4.78 is 23.5. The highest BCUT2D eigenvalue weighted by molar-refractivity contribution is 7.90. The highest BCUT2D eigenvalue weighted by Crippen LogP contribution is 2.22. The zero-order valence-corrected chi connectivity index (χ0v) is 13.1. The van der Waals surface area contributed by atoms with Crippen molar-refractivity contribution in [1.82, 2.24) is 0 Å². The molecule has 0 saturated carbocycles. The minimum absolute atomic E-state index is 0.00202. The SMILES string of the molecule is Cc1ccc(Cl)cc1NC(=O)c1ccccc1S(C)(=O)=O. The maximum Gasteiger partial charge on any atom is 0.256 e. The summed E-state index contributed by atoms with van der Waals surface area (Å²) in [6, 6.07) is 11.2. The quantitative estimate of drug-likeness (QED) is 0.942. The van der Waals surface area contributed by atoms with E-state index in [4.69, 9.17) is 11.6 Å². The fourth-order valence-corrected chi connectivity index (χ4v) is 2.95. The lowest BCUT2D eigenvalue weighted by Crippen LogP contribution is -2.16. The van der Waals surface area contributed by atoms with E-state index in [-0.39, 0.29) is 10.5 Å². The lowest BCUT2D eigenvalue weighted by Gasteiger charge is -2.11. The van der Waals surface area contributed by atoms with E-state index < -0.39 is 15.7 Å². The number of halogens is 1. The Kier molecular flexibility index (Phi) is 4.34. The largest absolute Gasteiger partial charge is 0.322 e. The first-order valence-corrected chi connectivity index (χ1v) is 8.42. The normalized spacial score (nSPS) is 11.2. The van der Waals surface area contributed by atoms with Crippen LogP contribution < -0.4 is 5.32 Å². The first-order chi connectivity index (χ1) is 9.79. The molecule has 0 fully saturated rings. The maximum absolute atomic E-state index is 12.3. The van der Waals surface area contributed by atoms with Crippen molar-refractivity contribution in [1.29, 1.82) is 0 Å². The predicted molar refractivity (Wildman–Crippen MR) is 83.7 cm³/mol. The standard InChI is InChI=1S/C15H14ClNO3S/c1-10-7-8-11(16)9-13(10)17-15(18)12-5-3-4-6-14(12)21(2,19)20/h3-9H,1-2H3,(H,17,18). The average molecular weight is 324 g/mol. The molecule has 21 heavy (non-hydrogen) atoms. The van der Waals surface area contributed by atoms with Gasteiger partial charge in [-0.15, -0.1) is 0 Å². The van der Waals surface area contributed by atoms with Gasteiger partial charge in [0.05, 0.1) is 10.5 Å². The average Bonchev–Trinajstić information content (AvgIpc) is 2.42. The number of anilines is 1. The highest BCUT2D eigenvalue weighted by Gasteiger charge is 2.18. The minimum Gasteiger partial charge on any atom is -0.322 e. The summed E-state index contributed by atoms with van der Waals surface area (Å²) in [4.78, 5) is 12.3. The molecule has 0 radical (unpaired) electrons. The van der Waals surface area contributed by atoms with Gasteiger partial charge in [-0.3, -0.25) is 4.79 Å². The summed E-state index contributed by atoms with van der Waals surface area (Å²) in [5, 5.41) is 3.18. The fraction of sp³-hybridized carbons (Fsp3) is 0.133. The first-order valence-electron chi connectivity index (χ1n) is 6.15.